The van der Waals surface area contributed by atoms with Crippen molar-refractivity contribution in [2.45, 2.75) is 26.3 Å². The van der Waals surface area contributed by atoms with Crippen LogP contribution in [0, 0.1) is 5.92 Å². The minimum atomic E-state index is -0.437. The highest BCUT2D eigenvalue weighted by atomic mass is 35.5. The van der Waals surface area contributed by atoms with E-state index in [1.54, 1.807) is 4.90 Å². The van der Waals surface area contributed by atoms with E-state index in [2.05, 4.69) is 13.8 Å². The lowest BCUT2D eigenvalue weighted by molar-refractivity contribution is -0.120. The fourth-order valence-electron chi connectivity index (χ4n) is 3.26. The quantitative estimate of drug-likeness (QED) is 0.868. The molecule has 3 rings (SSSR count). The number of nitrogens with zero attached hydrogens (tertiary/aromatic N) is 2. The van der Waals surface area contributed by atoms with Crippen LogP contribution in [0.5, 0.6) is 0 Å². The number of hydrogen-bond donors (Lipinski definition) is 1. The second-order valence-electron chi connectivity index (χ2n) is 6.61. The molecule has 0 radical (unpaired) electrons. The highest BCUT2D eigenvalue weighted by molar-refractivity contribution is 6.32. The Morgan fingerprint density at radius 2 is 1.96 bits per heavy atom. The maximum atomic E-state index is 13.3. The lowest BCUT2D eigenvalue weighted by Gasteiger charge is -2.26. The monoisotopic (exact) mass is 369 g/mol. The summed E-state index contributed by atoms with van der Waals surface area (Å²) in [6, 6.07) is 15.1. The number of fused-ring (bicyclic) bond motifs is 1. The SMILES string of the molecule is CC[C@H](C)C1N=C(c2ccccc2)c2cc(Cl)ccc2N(CCN)C1=O. The van der Waals surface area contributed by atoms with Gasteiger partial charge in [-0.3, -0.25) is 9.79 Å². The van der Waals surface area contributed by atoms with Gasteiger partial charge in [-0.2, -0.15) is 0 Å². The standard InChI is InChI=1S/C21H24ClN3O/c1-3-14(2)19-21(26)25(12-11-23)18-10-9-16(22)13-17(18)20(24-19)15-7-5-4-6-8-15/h4-10,13-14,19H,3,11-12,23H2,1-2H3/t14-,19?/m0/s1. The van der Waals surface area contributed by atoms with Crippen LogP contribution in [-0.2, 0) is 4.79 Å². The molecule has 2 atom stereocenters. The van der Waals surface area contributed by atoms with Crippen molar-refractivity contribution < 1.29 is 4.79 Å². The summed E-state index contributed by atoms with van der Waals surface area (Å²) in [7, 11) is 0. The molecule has 0 fully saturated rings. The molecule has 0 bridgehead atoms. The van der Waals surface area contributed by atoms with Crippen LogP contribution in [-0.4, -0.2) is 30.8 Å². The summed E-state index contributed by atoms with van der Waals surface area (Å²) in [6.45, 7) is 5.00. The van der Waals surface area contributed by atoms with Crippen molar-refractivity contribution in [3.8, 4) is 0 Å². The molecule has 5 heteroatoms. The first-order valence-electron chi connectivity index (χ1n) is 9.01. The number of benzodiazepines with no additional fused rings is 1. The molecule has 0 aromatic heterocycles. The summed E-state index contributed by atoms with van der Waals surface area (Å²) in [5.74, 6) is 0.130. The Hall–Kier alpha value is -2.17. The first-order valence-corrected chi connectivity index (χ1v) is 9.39. The number of aliphatic imine (C=N–C) groups is 1. The average molecular weight is 370 g/mol. The smallest absolute Gasteiger partial charge is 0.252 e. The van der Waals surface area contributed by atoms with E-state index in [4.69, 9.17) is 22.3 Å². The Morgan fingerprint density at radius 3 is 2.62 bits per heavy atom. The van der Waals surface area contributed by atoms with Gasteiger partial charge in [-0.1, -0.05) is 62.2 Å². The average Bonchev–Trinajstić information content (AvgIpc) is 2.77. The first-order chi connectivity index (χ1) is 12.6. The van der Waals surface area contributed by atoms with Crippen LogP contribution in [0.3, 0.4) is 0 Å². The molecule has 1 aliphatic rings. The third kappa shape index (κ3) is 3.53. The van der Waals surface area contributed by atoms with Crippen LogP contribution >= 0.6 is 11.6 Å². The summed E-state index contributed by atoms with van der Waals surface area (Å²) in [5.41, 5.74) is 9.28. The number of rotatable bonds is 5. The second-order valence-corrected chi connectivity index (χ2v) is 7.05. The van der Waals surface area contributed by atoms with Crippen LogP contribution in [0.2, 0.25) is 5.02 Å². The van der Waals surface area contributed by atoms with Crippen molar-refractivity contribution in [1.82, 2.24) is 0 Å². The molecular weight excluding hydrogens is 346 g/mol. The van der Waals surface area contributed by atoms with Gasteiger partial charge in [0.2, 0.25) is 0 Å². The number of hydrogen-bond acceptors (Lipinski definition) is 3. The molecule has 26 heavy (non-hydrogen) atoms. The molecule has 2 N–H and O–H groups in total. The van der Waals surface area contributed by atoms with Crippen molar-refractivity contribution in [2.24, 2.45) is 16.6 Å². The zero-order valence-electron chi connectivity index (χ0n) is 15.2. The van der Waals surface area contributed by atoms with E-state index >= 15 is 0 Å². The normalized spacial score (nSPS) is 18.2. The van der Waals surface area contributed by atoms with Crippen LogP contribution in [0.25, 0.3) is 0 Å². The Balaban J connectivity index is 2.26. The van der Waals surface area contributed by atoms with E-state index in [-0.39, 0.29) is 11.8 Å². The molecular formula is C21H24ClN3O. The van der Waals surface area contributed by atoms with Gasteiger partial charge in [-0.25, -0.2) is 0 Å². The Morgan fingerprint density at radius 1 is 1.23 bits per heavy atom. The highest BCUT2D eigenvalue weighted by Gasteiger charge is 2.34. The number of carbonyl (C=O) groups excluding carboxylic acids is 1. The first kappa shape index (κ1) is 18.6. The number of halogens is 1. The van der Waals surface area contributed by atoms with E-state index in [0.29, 0.717) is 18.1 Å². The molecule has 4 nitrogen and oxygen atoms in total. The number of nitrogens with two attached hydrogens (primary N) is 1. The summed E-state index contributed by atoms with van der Waals surface area (Å²) < 4.78 is 0. The van der Waals surface area contributed by atoms with Crippen LogP contribution < -0.4 is 10.6 Å². The fourth-order valence-corrected chi connectivity index (χ4v) is 3.43. The van der Waals surface area contributed by atoms with Crippen molar-refractivity contribution in [1.29, 1.82) is 0 Å². The Labute approximate surface area is 159 Å². The molecule has 2 aromatic carbocycles. The summed E-state index contributed by atoms with van der Waals surface area (Å²) >= 11 is 6.29. The lowest BCUT2D eigenvalue weighted by Crippen LogP contribution is -2.43. The zero-order valence-corrected chi connectivity index (χ0v) is 15.9. The molecule has 1 heterocycles. The molecule has 0 saturated heterocycles. The van der Waals surface area contributed by atoms with E-state index in [1.165, 1.54) is 0 Å². The molecule has 0 spiro atoms. The Kier molecular flexibility index (Phi) is 5.74. The van der Waals surface area contributed by atoms with E-state index in [9.17, 15) is 4.79 Å². The maximum Gasteiger partial charge on any atom is 0.252 e. The minimum Gasteiger partial charge on any atom is -0.329 e. The number of amides is 1. The van der Waals surface area contributed by atoms with Gasteiger partial charge in [0, 0.05) is 29.2 Å². The van der Waals surface area contributed by atoms with Gasteiger partial charge in [0.1, 0.15) is 6.04 Å². The van der Waals surface area contributed by atoms with Crippen LogP contribution in [0.1, 0.15) is 31.4 Å². The molecule has 1 unspecified atom stereocenters. The number of benzene rings is 2. The van der Waals surface area contributed by atoms with Crippen LogP contribution in [0.15, 0.2) is 53.5 Å². The summed E-state index contributed by atoms with van der Waals surface area (Å²) in [4.78, 5) is 20.0. The molecule has 1 amide bonds. The number of anilines is 1. The van der Waals surface area contributed by atoms with Gasteiger partial charge in [-0.15, -0.1) is 0 Å². The lowest BCUT2D eigenvalue weighted by atomic mass is 9.98. The number of carbonyl (C=O) groups is 1. The third-order valence-corrected chi connectivity index (χ3v) is 5.11. The summed E-state index contributed by atoms with van der Waals surface area (Å²) in [6.07, 6.45) is 0.871. The van der Waals surface area contributed by atoms with Crippen molar-refractivity contribution >= 4 is 28.9 Å². The Bertz CT molecular complexity index is 819. The van der Waals surface area contributed by atoms with Crippen molar-refractivity contribution in [2.75, 3.05) is 18.0 Å². The minimum absolute atomic E-state index is 0.000645. The molecule has 0 aliphatic carbocycles. The second kappa shape index (κ2) is 8.02. The van der Waals surface area contributed by atoms with Gasteiger partial charge >= 0.3 is 0 Å². The maximum absolute atomic E-state index is 13.3. The van der Waals surface area contributed by atoms with Crippen molar-refractivity contribution in [3.63, 3.8) is 0 Å². The van der Waals surface area contributed by atoms with Gasteiger partial charge in [0.25, 0.3) is 5.91 Å². The van der Waals surface area contributed by atoms with Crippen LogP contribution in [0.4, 0.5) is 5.69 Å². The molecule has 2 aromatic rings. The molecule has 1 aliphatic heterocycles. The fraction of sp³-hybridized carbons (Fsp3) is 0.333. The zero-order chi connectivity index (χ0) is 18.7. The molecule has 136 valence electrons. The van der Waals surface area contributed by atoms with E-state index in [1.807, 2.05) is 48.5 Å². The van der Waals surface area contributed by atoms with Crippen molar-refractivity contribution in [3.05, 3.63) is 64.7 Å². The largest absolute Gasteiger partial charge is 0.329 e. The van der Waals surface area contributed by atoms with E-state index in [0.717, 1.165) is 28.9 Å². The van der Waals surface area contributed by atoms with Gasteiger partial charge in [0.05, 0.1) is 11.4 Å². The van der Waals surface area contributed by atoms with E-state index < -0.39 is 6.04 Å². The van der Waals surface area contributed by atoms with Gasteiger partial charge < -0.3 is 10.6 Å². The predicted octanol–water partition coefficient (Wildman–Crippen LogP) is 3.90. The predicted molar refractivity (Wildman–Crippen MR) is 108 cm³/mol. The summed E-state index contributed by atoms with van der Waals surface area (Å²) in [5, 5.41) is 0.620. The highest BCUT2D eigenvalue weighted by Crippen LogP contribution is 2.32. The van der Waals surface area contributed by atoms with Gasteiger partial charge in [0.15, 0.2) is 0 Å². The topological polar surface area (TPSA) is 58.7 Å². The molecule has 0 saturated carbocycles. The van der Waals surface area contributed by atoms with Gasteiger partial charge in [-0.05, 0) is 24.1 Å². The third-order valence-electron chi connectivity index (χ3n) is 4.87.